The Labute approximate surface area is 188 Å². The van der Waals surface area contributed by atoms with E-state index in [1.54, 1.807) is 11.2 Å². The fraction of sp³-hybridized carbons (Fsp3) is 0.375. The van der Waals surface area contributed by atoms with Crippen molar-refractivity contribution in [3.63, 3.8) is 0 Å². The van der Waals surface area contributed by atoms with Crippen LogP contribution in [0.3, 0.4) is 0 Å². The van der Waals surface area contributed by atoms with Crippen molar-refractivity contribution in [3.8, 4) is 5.69 Å². The number of aryl methyl sites for hydroxylation is 1. The maximum absolute atomic E-state index is 12.7. The molecule has 0 saturated carbocycles. The van der Waals surface area contributed by atoms with Gasteiger partial charge in [0, 0.05) is 38.1 Å². The molecule has 0 aliphatic carbocycles. The Morgan fingerprint density at radius 1 is 1.00 bits per heavy atom. The van der Waals surface area contributed by atoms with E-state index in [0.717, 1.165) is 29.5 Å². The van der Waals surface area contributed by atoms with Gasteiger partial charge >= 0.3 is 0 Å². The van der Waals surface area contributed by atoms with Crippen molar-refractivity contribution in [1.82, 2.24) is 19.7 Å². The average molecular weight is 436 g/mol. The van der Waals surface area contributed by atoms with Gasteiger partial charge in [0.2, 0.25) is 5.91 Å². The van der Waals surface area contributed by atoms with E-state index in [-0.39, 0.29) is 5.91 Å². The summed E-state index contributed by atoms with van der Waals surface area (Å²) in [7, 11) is 1.85. The van der Waals surface area contributed by atoms with Gasteiger partial charge in [-0.25, -0.2) is 0 Å². The number of piperidine rings is 1. The molecule has 1 fully saturated rings. The van der Waals surface area contributed by atoms with Gasteiger partial charge in [0.15, 0.2) is 5.16 Å². The van der Waals surface area contributed by atoms with Gasteiger partial charge in [0.25, 0.3) is 0 Å². The minimum atomic E-state index is 0.0727. The molecule has 0 N–H and O–H groups in total. The first-order valence-corrected chi connectivity index (χ1v) is 11.8. The largest absolute Gasteiger partial charge is 0.372 e. The van der Waals surface area contributed by atoms with Gasteiger partial charge in [0.1, 0.15) is 6.33 Å². The van der Waals surface area contributed by atoms with Crippen LogP contribution in [-0.4, -0.2) is 51.5 Å². The molecule has 0 unspecified atom stereocenters. The normalized spacial score (nSPS) is 13.9. The number of anilines is 1. The molecule has 0 spiro atoms. The summed E-state index contributed by atoms with van der Waals surface area (Å²) in [6, 6.07) is 16.8. The maximum atomic E-state index is 12.7. The summed E-state index contributed by atoms with van der Waals surface area (Å²) < 4.78 is 1.91. The van der Waals surface area contributed by atoms with Gasteiger partial charge in [-0.05, 0) is 56.0 Å². The molecule has 0 bridgehead atoms. The third-order valence-corrected chi connectivity index (χ3v) is 6.58. The number of hydrogen-bond donors (Lipinski definition) is 0. The van der Waals surface area contributed by atoms with Gasteiger partial charge in [-0.1, -0.05) is 41.6 Å². The second-order valence-corrected chi connectivity index (χ2v) is 9.01. The number of amides is 1. The maximum Gasteiger partial charge on any atom is 0.233 e. The molecular formula is C24H29N5OS. The van der Waals surface area contributed by atoms with Crippen LogP contribution in [0.15, 0.2) is 60.0 Å². The van der Waals surface area contributed by atoms with E-state index >= 15 is 0 Å². The first-order chi connectivity index (χ1) is 15.1. The minimum Gasteiger partial charge on any atom is -0.372 e. The third kappa shape index (κ3) is 5.47. The lowest BCUT2D eigenvalue weighted by molar-refractivity contribution is -0.127. The zero-order chi connectivity index (χ0) is 21.6. The number of carbonyl (C=O) groups excluding carboxylic acids is 1. The number of carbonyl (C=O) groups is 1. The number of aromatic nitrogens is 3. The van der Waals surface area contributed by atoms with Crippen LogP contribution in [0.2, 0.25) is 0 Å². The number of benzene rings is 2. The van der Waals surface area contributed by atoms with Crippen LogP contribution in [0.4, 0.5) is 5.69 Å². The Bertz CT molecular complexity index is 994. The number of hydrogen-bond acceptors (Lipinski definition) is 5. The monoisotopic (exact) mass is 435 g/mol. The summed E-state index contributed by atoms with van der Waals surface area (Å²) in [5.74, 6) is 0.399. The molecule has 1 saturated heterocycles. The Morgan fingerprint density at radius 2 is 1.68 bits per heavy atom. The van der Waals surface area contributed by atoms with Crippen molar-refractivity contribution in [2.75, 3.05) is 30.8 Å². The first kappa shape index (κ1) is 21.4. The van der Waals surface area contributed by atoms with E-state index in [4.69, 9.17) is 0 Å². The Hall–Kier alpha value is -2.80. The summed E-state index contributed by atoms with van der Waals surface area (Å²) in [6.45, 7) is 4.94. The van der Waals surface area contributed by atoms with E-state index in [2.05, 4.69) is 58.4 Å². The third-order valence-electron chi connectivity index (χ3n) is 5.66. The number of thioether (sulfide) groups is 1. The molecule has 162 valence electrons. The van der Waals surface area contributed by atoms with Crippen molar-refractivity contribution in [1.29, 1.82) is 0 Å². The Morgan fingerprint density at radius 3 is 2.39 bits per heavy atom. The van der Waals surface area contributed by atoms with Crippen LogP contribution in [0.5, 0.6) is 0 Å². The van der Waals surface area contributed by atoms with E-state index in [9.17, 15) is 4.79 Å². The van der Waals surface area contributed by atoms with Crippen LogP contribution in [0.1, 0.15) is 30.4 Å². The highest BCUT2D eigenvalue weighted by Gasteiger charge is 2.15. The van der Waals surface area contributed by atoms with E-state index in [1.165, 1.54) is 42.3 Å². The molecule has 31 heavy (non-hydrogen) atoms. The molecule has 1 aliphatic rings. The zero-order valence-electron chi connectivity index (χ0n) is 18.2. The molecule has 1 aromatic heterocycles. The Balaban J connectivity index is 1.31. The molecule has 2 heterocycles. The van der Waals surface area contributed by atoms with Crippen molar-refractivity contribution >= 4 is 23.4 Å². The van der Waals surface area contributed by atoms with Gasteiger partial charge < -0.3 is 9.80 Å². The van der Waals surface area contributed by atoms with Crippen LogP contribution < -0.4 is 4.90 Å². The molecule has 6 nitrogen and oxygen atoms in total. The highest BCUT2D eigenvalue weighted by molar-refractivity contribution is 7.99. The minimum absolute atomic E-state index is 0.0727. The van der Waals surface area contributed by atoms with Crippen LogP contribution in [0, 0.1) is 6.92 Å². The summed E-state index contributed by atoms with van der Waals surface area (Å²) in [5.41, 5.74) is 4.62. The molecule has 1 aliphatic heterocycles. The lowest BCUT2D eigenvalue weighted by atomic mass is 10.1. The predicted octanol–water partition coefficient (Wildman–Crippen LogP) is 4.32. The zero-order valence-corrected chi connectivity index (χ0v) is 19.0. The van der Waals surface area contributed by atoms with Gasteiger partial charge in [-0.2, -0.15) is 0 Å². The van der Waals surface area contributed by atoms with Gasteiger partial charge in [-0.15, -0.1) is 10.2 Å². The molecule has 1 amide bonds. The van der Waals surface area contributed by atoms with Crippen molar-refractivity contribution < 1.29 is 4.79 Å². The molecule has 2 aromatic carbocycles. The topological polar surface area (TPSA) is 54.3 Å². The SMILES string of the molecule is Cc1ccc(-n2cnnc2SCC(=O)N(C)Cc2ccc(N3CCCCC3)cc2)cc1. The molecule has 7 heteroatoms. The number of rotatable bonds is 7. The van der Waals surface area contributed by atoms with Crippen LogP contribution in [-0.2, 0) is 11.3 Å². The summed E-state index contributed by atoms with van der Waals surface area (Å²) in [5, 5.41) is 8.93. The standard InChI is InChI=1S/C24H29N5OS/c1-19-6-10-22(11-7-19)29-18-25-26-24(29)31-17-23(30)27(2)16-20-8-12-21(13-9-20)28-14-4-3-5-15-28/h6-13,18H,3-5,14-17H2,1-2H3. The predicted molar refractivity (Wildman–Crippen MR) is 126 cm³/mol. The smallest absolute Gasteiger partial charge is 0.233 e. The van der Waals surface area contributed by atoms with Crippen LogP contribution >= 0.6 is 11.8 Å². The lowest BCUT2D eigenvalue weighted by Crippen LogP contribution is -2.29. The quantitative estimate of drug-likeness (QED) is 0.518. The molecule has 0 radical (unpaired) electrons. The van der Waals surface area contributed by atoms with Crippen molar-refractivity contribution in [3.05, 3.63) is 66.0 Å². The van der Waals surface area contributed by atoms with E-state index in [1.807, 2.05) is 23.7 Å². The van der Waals surface area contributed by atoms with Crippen molar-refractivity contribution in [2.24, 2.45) is 0 Å². The highest BCUT2D eigenvalue weighted by Crippen LogP contribution is 2.22. The van der Waals surface area contributed by atoms with Gasteiger partial charge in [0.05, 0.1) is 5.75 Å². The second kappa shape index (κ2) is 10.0. The molecule has 3 aromatic rings. The molecule has 4 rings (SSSR count). The molecular weight excluding hydrogens is 406 g/mol. The second-order valence-electron chi connectivity index (χ2n) is 8.07. The molecule has 0 atom stereocenters. The van der Waals surface area contributed by atoms with Gasteiger partial charge in [-0.3, -0.25) is 9.36 Å². The van der Waals surface area contributed by atoms with Crippen LogP contribution in [0.25, 0.3) is 5.69 Å². The van der Waals surface area contributed by atoms with Crippen molar-refractivity contribution in [2.45, 2.75) is 37.9 Å². The highest BCUT2D eigenvalue weighted by atomic mass is 32.2. The fourth-order valence-corrected chi connectivity index (χ4v) is 4.64. The lowest BCUT2D eigenvalue weighted by Gasteiger charge is -2.29. The summed E-state index contributed by atoms with van der Waals surface area (Å²) >= 11 is 1.41. The fourth-order valence-electron chi connectivity index (χ4n) is 3.77. The van der Waals surface area contributed by atoms with E-state index in [0.29, 0.717) is 12.3 Å². The summed E-state index contributed by atoms with van der Waals surface area (Å²) in [4.78, 5) is 16.9. The Kier molecular flexibility index (Phi) is 6.92. The van der Waals surface area contributed by atoms with E-state index < -0.39 is 0 Å². The first-order valence-electron chi connectivity index (χ1n) is 10.8. The number of nitrogens with zero attached hydrogens (tertiary/aromatic N) is 5. The summed E-state index contributed by atoms with van der Waals surface area (Å²) in [6.07, 6.45) is 5.56. The average Bonchev–Trinajstić information content (AvgIpc) is 3.27.